The van der Waals surface area contributed by atoms with E-state index in [9.17, 15) is 0 Å². The lowest BCUT2D eigenvalue weighted by atomic mass is 10.0. The summed E-state index contributed by atoms with van der Waals surface area (Å²) in [5.41, 5.74) is 4.45. The number of hydrogen-bond donors (Lipinski definition) is 1. The van der Waals surface area contributed by atoms with Gasteiger partial charge < -0.3 is 0 Å². The molecule has 0 fully saturated rings. The number of aromatic amines is 1. The van der Waals surface area contributed by atoms with Gasteiger partial charge in [0.05, 0.1) is 5.52 Å². The number of rotatable bonds is 2. The predicted octanol–water partition coefficient (Wildman–Crippen LogP) is 2.55. The SMILES string of the molecule is c1ccc(Cc2cccc3[nH]nnc23)cc1. The van der Waals surface area contributed by atoms with Gasteiger partial charge in [0.25, 0.3) is 0 Å². The third kappa shape index (κ3) is 1.56. The molecule has 3 heteroatoms. The van der Waals surface area contributed by atoms with Gasteiger partial charge in [-0.05, 0) is 23.6 Å². The molecule has 1 aromatic heterocycles. The lowest BCUT2D eigenvalue weighted by Gasteiger charge is -2.01. The van der Waals surface area contributed by atoms with Gasteiger partial charge in [-0.25, -0.2) is 0 Å². The van der Waals surface area contributed by atoms with Crippen molar-refractivity contribution in [2.75, 3.05) is 0 Å². The Bertz CT molecular complexity index is 599. The largest absolute Gasteiger partial charge is 0.258 e. The molecule has 0 unspecified atom stereocenters. The van der Waals surface area contributed by atoms with E-state index < -0.39 is 0 Å². The molecule has 3 aromatic rings. The first-order chi connectivity index (χ1) is 7.93. The van der Waals surface area contributed by atoms with E-state index in [1.165, 1.54) is 11.1 Å². The molecular formula is C13H11N3. The molecule has 0 spiro atoms. The number of nitrogens with zero attached hydrogens (tertiary/aromatic N) is 2. The molecule has 0 bridgehead atoms. The minimum atomic E-state index is 0.894. The first-order valence-electron chi connectivity index (χ1n) is 5.26. The standard InChI is InChI=1S/C13H11N3/c1-2-5-10(6-3-1)9-11-7-4-8-12-13(11)15-16-14-12/h1-8H,9H2,(H,14,15,16). The van der Waals surface area contributed by atoms with Gasteiger partial charge in [-0.3, -0.25) is 5.10 Å². The number of nitrogens with one attached hydrogen (secondary N) is 1. The van der Waals surface area contributed by atoms with Crippen molar-refractivity contribution in [3.05, 3.63) is 59.7 Å². The van der Waals surface area contributed by atoms with Gasteiger partial charge >= 0.3 is 0 Å². The molecule has 3 rings (SSSR count). The van der Waals surface area contributed by atoms with Gasteiger partial charge in [-0.2, -0.15) is 0 Å². The highest BCUT2D eigenvalue weighted by molar-refractivity contribution is 5.77. The number of fused-ring (bicyclic) bond motifs is 1. The van der Waals surface area contributed by atoms with Crippen LogP contribution in [0.1, 0.15) is 11.1 Å². The third-order valence-corrected chi connectivity index (χ3v) is 2.68. The lowest BCUT2D eigenvalue weighted by Crippen LogP contribution is -1.89. The normalized spacial score (nSPS) is 10.8. The Labute approximate surface area is 93.1 Å². The number of benzene rings is 2. The molecule has 78 valence electrons. The monoisotopic (exact) mass is 209 g/mol. The maximum Gasteiger partial charge on any atom is 0.116 e. The van der Waals surface area contributed by atoms with Crippen molar-refractivity contribution in [3.63, 3.8) is 0 Å². The van der Waals surface area contributed by atoms with Crippen LogP contribution < -0.4 is 0 Å². The van der Waals surface area contributed by atoms with E-state index in [-0.39, 0.29) is 0 Å². The minimum Gasteiger partial charge on any atom is -0.258 e. The Morgan fingerprint density at radius 3 is 2.69 bits per heavy atom. The second-order valence-corrected chi connectivity index (χ2v) is 3.79. The highest BCUT2D eigenvalue weighted by Gasteiger charge is 2.04. The second kappa shape index (κ2) is 3.77. The van der Waals surface area contributed by atoms with Crippen molar-refractivity contribution in [2.24, 2.45) is 0 Å². The molecular weight excluding hydrogens is 198 g/mol. The Kier molecular flexibility index (Phi) is 2.14. The van der Waals surface area contributed by atoms with Crippen LogP contribution in [0, 0.1) is 0 Å². The van der Waals surface area contributed by atoms with E-state index in [0.29, 0.717) is 0 Å². The zero-order valence-electron chi connectivity index (χ0n) is 8.72. The van der Waals surface area contributed by atoms with Crippen LogP contribution in [-0.4, -0.2) is 15.4 Å². The topological polar surface area (TPSA) is 41.6 Å². The van der Waals surface area contributed by atoms with Crippen molar-refractivity contribution < 1.29 is 0 Å². The number of H-pyrrole nitrogens is 1. The van der Waals surface area contributed by atoms with Gasteiger partial charge in [-0.1, -0.05) is 47.7 Å². The average Bonchev–Trinajstić information content (AvgIpc) is 2.80. The summed E-state index contributed by atoms with van der Waals surface area (Å²) in [5, 5.41) is 10.8. The van der Waals surface area contributed by atoms with Crippen LogP contribution in [0.4, 0.5) is 0 Å². The molecule has 0 atom stereocenters. The van der Waals surface area contributed by atoms with Crippen LogP contribution in [0.3, 0.4) is 0 Å². The summed E-state index contributed by atoms with van der Waals surface area (Å²) >= 11 is 0. The Morgan fingerprint density at radius 2 is 1.81 bits per heavy atom. The Hall–Kier alpha value is -2.16. The van der Waals surface area contributed by atoms with Crippen LogP contribution in [0.15, 0.2) is 48.5 Å². The Balaban J connectivity index is 2.04. The zero-order valence-corrected chi connectivity index (χ0v) is 8.72. The van der Waals surface area contributed by atoms with Crippen LogP contribution >= 0.6 is 0 Å². The minimum absolute atomic E-state index is 0.894. The predicted molar refractivity (Wildman–Crippen MR) is 63.1 cm³/mol. The molecule has 1 heterocycles. The molecule has 0 amide bonds. The van der Waals surface area contributed by atoms with Gasteiger partial charge in [0.1, 0.15) is 5.52 Å². The lowest BCUT2D eigenvalue weighted by molar-refractivity contribution is 0.957. The number of hydrogen-bond acceptors (Lipinski definition) is 2. The van der Waals surface area contributed by atoms with Crippen molar-refractivity contribution in [1.29, 1.82) is 0 Å². The second-order valence-electron chi connectivity index (χ2n) is 3.79. The molecule has 3 nitrogen and oxygen atoms in total. The molecule has 0 radical (unpaired) electrons. The fourth-order valence-corrected chi connectivity index (χ4v) is 1.89. The number of aromatic nitrogens is 3. The summed E-state index contributed by atoms with van der Waals surface area (Å²) < 4.78 is 0. The van der Waals surface area contributed by atoms with Crippen molar-refractivity contribution in [3.8, 4) is 0 Å². The van der Waals surface area contributed by atoms with E-state index in [2.05, 4.69) is 45.7 Å². The van der Waals surface area contributed by atoms with E-state index in [4.69, 9.17) is 0 Å². The fourth-order valence-electron chi connectivity index (χ4n) is 1.89. The molecule has 0 aliphatic heterocycles. The van der Waals surface area contributed by atoms with Crippen LogP contribution in [0.25, 0.3) is 11.0 Å². The zero-order chi connectivity index (χ0) is 10.8. The summed E-state index contributed by atoms with van der Waals surface area (Å²) in [5.74, 6) is 0. The summed E-state index contributed by atoms with van der Waals surface area (Å²) in [6.07, 6.45) is 0.894. The quantitative estimate of drug-likeness (QED) is 0.704. The fraction of sp³-hybridized carbons (Fsp3) is 0.0769. The van der Waals surface area contributed by atoms with E-state index in [1.54, 1.807) is 0 Å². The van der Waals surface area contributed by atoms with Crippen LogP contribution in [-0.2, 0) is 6.42 Å². The summed E-state index contributed by atoms with van der Waals surface area (Å²) in [6.45, 7) is 0. The molecule has 0 aliphatic carbocycles. The van der Waals surface area contributed by atoms with Crippen molar-refractivity contribution in [1.82, 2.24) is 15.4 Å². The molecule has 0 aliphatic rings. The maximum absolute atomic E-state index is 4.11. The molecule has 0 saturated heterocycles. The van der Waals surface area contributed by atoms with E-state index in [0.717, 1.165) is 17.5 Å². The average molecular weight is 209 g/mol. The first-order valence-corrected chi connectivity index (χ1v) is 5.26. The van der Waals surface area contributed by atoms with E-state index >= 15 is 0 Å². The summed E-state index contributed by atoms with van der Waals surface area (Å²) in [6, 6.07) is 16.5. The van der Waals surface area contributed by atoms with Crippen molar-refractivity contribution >= 4 is 11.0 Å². The highest BCUT2D eigenvalue weighted by Crippen LogP contribution is 2.17. The summed E-state index contributed by atoms with van der Waals surface area (Å²) in [7, 11) is 0. The van der Waals surface area contributed by atoms with Gasteiger partial charge in [-0.15, -0.1) is 5.10 Å². The summed E-state index contributed by atoms with van der Waals surface area (Å²) in [4.78, 5) is 0. The van der Waals surface area contributed by atoms with Crippen molar-refractivity contribution in [2.45, 2.75) is 6.42 Å². The van der Waals surface area contributed by atoms with E-state index in [1.807, 2.05) is 18.2 Å². The van der Waals surface area contributed by atoms with Crippen LogP contribution in [0.2, 0.25) is 0 Å². The van der Waals surface area contributed by atoms with Gasteiger partial charge in [0.15, 0.2) is 0 Å². The molecule has 16 heavy (non-hydrogen) atoms. The molecule has 2 aromatic carbocycles. The van der Waals surface area contributed by atoms with Crippen LogP contribution in [0.5, 0.6) is 0 Å². The smallest absolute Gasteiger partial charge is 0.116 e. The third-order valence-electron chi connectivity index (χ3n) is 2.68. The molecule has 1 N–H and O–H groups in total. The first kappa shape index (κ1) is 9.09. The Morgan fingerprint density at radius 1 is 0.938 bits per heavy atom. The highest BCUT2D eigenvalue weighted by atomic mass is 15.3. The molecule has 0 saturated carbocycles. The maximum atomic E-state index is 4.11. The van der Waals surface area contributed by atoms with Gasteiger partial charge in [0.2, 0.25) is 0 Å². The van der Waals surface area contributed by atoms with Gasteiger partial charge in [0, 0.05) is 0 Å².